The number of aliphatic hydroxyl groups excluding tert-OH is 6. The Morgan fingerprint density at radius 1 is 0.900 bits per heavy atom. The fraction of sp³-hybridized carbons (Fsp3) is 0.700. The summed E-state index contributed by atoms with van der Waals surface area (Å²) in [5.74, 6) is -7.27. The van der Waals surface area contributed by atoms with Crippen molar-refractivity contribution < 1.29 is 74.0 Å². The molecule has 3 saturated heterocycles. The molecule has 0 aromatic heterocycles. The van der Waals surface area contributed by atoms with Crippen LogP contribution in [0.2, 0.25) is 0 Å². The van der Waals surface area contributed by atoms with Crippen LogP contribution in [0.5, 0.6) is 5.75 Å². The molecule has 0 aliphatic carbocycles. The number of piperidine rings is 1. The van der Waals surface area contributed by atoms with Crippen LogP contribution in [-0.4, -0.2) is 155 Å². The topological polar surface area (TPSA) is 314 Å². The summed E-state index contributed by atoms with van der Waals surface area (Å²) < 4.78 is 12.8. The van der Waals surface area contributed by atoms with Gasteiger partial charge in [0.05, 0.1) is 48.6 Å². The van der Waals surface area contributed by atoms with Gasteiger partial charge in [-0.1, -0.05) is 97.9 Å². The number of rotatable bonds is 16. The quantitative estimate of drug-likeness (QED) is 0.0833. The molecule has 4 amide bonds. The number of ketones is 1. The Balaban J connectivity index is 1.36. The third-order valence-corrected chi connectivity index (χ3v) is 17.3. The molecular formula is C60H93N5O15. The third kappa shape index (κ3) is 17.0. The Hall–Kier alpha value is -5.06. The molecule has 1 spiro atoms. The lowest BCUT2D eigenvalue weighted by Crippen LogP contribution is -2.71. The normalized spacial score (nSPS) is 35.1. The smallest absolute Gasteiger partial charge is 0.325 e. The highest BCUT2D eigenvalue weighted by Gasteiger charge is 2.57. The second kappa shape index (κ2) is 29.8. The number of aliphatic hydroxyl groups is 6. The Morgan fingerprint density at radius 2 is 1.61 bits per heavy atom. The van der Waals surface area contributed by atoms with Crippen LogP contribution in [0.15, 0.2) is 60.2 Å². The van der Waals surface area contributed by atoms with Crippen LogP contribution in [-0.2, 0) is 44.7 Å². The lowest BCUT2D eigenvalue weighted by molar-refractivity contribution is -0.267. The monoisotopic (exact) mass is 1120 g/mol. The first kappa shape index (κ1) is 65.7. The largest absolute Gasteiger partial charge is 0.508 e. The fourth-order valence-electron chi connectivity index (χ4n) is 11.6. The van der Waals surface area contributed by atoms with Crippen LogP contribution >= 0.6 is 0 Å². The van der Waals surface area contributed by atoms with E-state index in [0.717, 1.165) is 0 Å². The molecule has 3 fully saturated rings. The first-order valence-corrected chi connectivity index (χ1v) is 28.9. The average Bonchev–Trinajstić information content (AvgIpc) is 3.41. The zero-order valence-corrected chi connectivity index (χ0v) is 48.5. The summed E-state index contributed by atoms with van der Waals surface area (Å²) in [6.07, 6.45) is 1.04. The number of carbonyl (C=O) groups excluding carboxylic acids is 6. The van der Waals surface area contributed by atoms with Gasteiger partial charge in [0.2, 0.25) is 17.7 Å². The third-order valence-electron chi connectivity index (χ3n) is 17.3. The molecule has 5 rings (SSSR count). The molecule has 0 unspecified atom stereocenters. The predicted molar refractivity (Wildman–Crippen MR) is 298 cm³/mol. The number of hydrogen-bond acceptors (Lipinski definition) is 16. The van der Waals surface area contributed by atoms with Crippen LogP contribution < -0.4 is 21.4 Å². The Kier molecular flexibility index (Phi) is 24.5. The van der Waals surface area contributed by atoms with E-state index in [4.69, 9.17) is 9.47 Å². The van der Waals surface area contributed by atoms with Gasteiger partial charge < -0.3 is 66.0 Å². The number of cyclic esters (lactones) is 1. The molecule has 1 aromatic rings. The molecule has 2 bridgehead atoms. The first-order valence-electron chi connectivity index (χ1n) is 28.9. The van der Waals surface area contributed by atoms with Crippen molar-refractivity contribution in [1.29, 1.82) is 0 Å². The number of hydrogen-bond donors (Lipinski definition) is 11. The van der Waals surface area contributed by atoms with E-state index in [1.54, 1.807) is 52.0 Å². The van der Waals surface area contributed by atoms with Gasteiger partial charge in [0.25, 0.3) is 5.91 Å². The van der Waals surface area contributed by atoms with Gasteiger partial charge in [-0.15, -0.1) is 0 Å². The van der Waals surface area contributed by atoms with Crippen molar-refractivity contribution in [1.82, 2.24) is 26.4 Å². The number of aromatic hydroxyl groups is 1. The van der Waals surface area contributed by atoms with E-state index in [1.165, 1.54) is 42.3 Å². The van der Waals surface area contributed by atoms with E-state index < -0.39 is 114 Å². The van der Waals surface area contributed by atoms with Gasteiger partial charge in [0.15, 0.2) is 0 Å². The minimum Gasteiger partial charge on any atom is -0.508 e. The molecule has 0 radical (unpaired) electrons. The Morgan fingerprint density at radius 3 is 2.27 bits per heavy atom. The summed E-state index contributed by atoms with van der Waals surface area (Å²) in [4.78, 5) is 82.3. The molecule has 19 atom stereocenters. The van der Waals surface area contributed by atoms with Crippen LogP contribution in [0.3, 0.4) is 0 Å². The number of Topliss-reactive ketones (excluding diaryl/α,β-unsaturated/α-hetero) is 1. The molecule has 4 heterocycles. The minimum absolute atomic E-state index is 0.0501. The summed E-state index contributed by atoms with van der Waals surface area (Å²) in [6, 6.07) is 2.61. The number of amides is 4. The van der Waals surface area contributed by atoms with Crippen LogP contribution in [0.25, 0.3) is 0 Å². The van der Waals surface area contributed by atoms with Gasteiger partial charge in [-0.3, -0.25) is 29.0 Å². The first-order chi connectivity index (χ1) is 37.7. The van der Waals surface area contributed by atoms with Crippen molar-refractivity contribution in [2.24, 2.45) is 47.3 Å². The SMILES string of the molecule is CC[C@H]1C[C@H](C)[C@@]2(NC1=O)O[C@@H](C[C@H](O)[C@@H](C)CC[C@H](O)[C@@H](O)/C=C(\C)[C@@H]1C/C=C\C=C/[C@H](O)[C@H](C)[C@@H](O)[C@@H](CCC(C)=O)C(=O)N[C@@H](C(C)C)C(=O)N[C@@H](Cc3cccc(O)c3)C(=O)N3CCC[C@H](N3)C(=O)O1)[C@H](C)[C@H](O)[C@@H]2C. The van der Waals surface area contributed by atoms with Crippen LogP contribution in [0.4, 0.5) is 0 Å². The summed E-state index contributed by atoms with van der Waals surface area (Å²) in [6.45, 7) is 17.6. The zero-order valence-electron chi connectivity index (χ0n) is 48.5. The minimum atomic E-state index is -1.48. The van der Waals surface area contributed by atoms with Crippen molar-refractivity contribution >= 4 is 35.4 Å². The van der Waals surface area contributed by atoms with Crippen molar-refractivity contribution in [3.8, 4) is 5.75 Å². The predicted octanol–water partition coefficient (Wildman–Crippen LogP) is 3.57. The fourth-order valence-corrected chi connectivity index (χ4v) is 11.6. The van der Waals surface area contributed by atoms with Gasteiger partial charge >= 0.3 is 5.97 Å². The number of hydrazine groups is 1. The highest BCUT2D eigenvalue weighted by atomic mass is 16.5. The van der Waals surface area contributed by atoms with Gasteiger partial charge in [-0.2, -0.15) is 0 Å². The standard InChI is InChI=1S/C60H93N5O15/c1-11-41-28-35(6)60(63-55(41)74)39(10)53(72)38(9)51(80-60)31-48(70)33(4)22-25-47(69)49(71)27-34(5)50-21-14-12-13-20-46(68)37(8)54(73)43(24-23-36(7)66)56(75)62-52(32(2)3)57(76)61-45(30-40-17-15-18-42(67)29-40)58(77)65-26-16-19-44(64-65)59(78)79-50/h12-15,17-18,20,27,29,32-33,35,37-39,41,43-54,64,67-73H,11,16,19,21-26,28,30-31H2,1-10H3,(H,61,76)(H,62,75)(H,63,74)/b14-12-,20-13-,34-27+/t33-,35-,37-,38-,39-,41-,43+,44-,45-,46-,47-,48-,49-,50-,51-,52-,53-,54+,60+/m0/s1. The lowest BCUT2D eigenvalue weighted by Gasteiger charge is -2.56. The number of nitrogens with zero attached hydrogens (tertiary/aromatic N) is 1. The summed E-state index contributed by atoms with van der Waals surface area (Å²) in [5.41, 5.74) is 2.77. The number of allylic oxidation sites excluding steroid dienone is 2. The van der Waals surface area contributed by atoms with Gasteiger partial charge in [-0.05, 0) is 93.9 Å². The summed E-state index contributed by atoms with van der Waals surface area (Å²) >= 11 is 0. The number of phenolic OH excluding ortho intramolecular Hbond substituents is 1. The molecule has 1 aromatic carbocycles. The number of esters is 1. The number of nitrogens with one attached hydrogen (secondary N) is 4. The molecule has 4 aliphatic heterocycles. The van der Waals surface area contributed by atoms with Crippen molar-refractivity contribution in [3.05, 3.63) is 65.8 Å². The van der Waals surface area contributed by atoms with Gasteiger partial charge in [-0.25, -0.2) is 5.43 Å². The Labute approximate surface area is 472 Å². The van der Waals surface area contributed by atoms with E-state index in [1.807, 2.05) is 34.6 Å². The number of fused-ring (bicyclic) bond motifs is 2. The van der Waals surface area contributed by atoms with E-state index >= 15 is 0 Å². The summed E-state index contributed by atoms with van der Waals surface area (Å²) in [7, 11) is 0. The number of benzene rings is 1. The van der Waals surface area contributed by atoms with Gasteiger partial charge in [0.1, 0.15) is 41.5 Å². The molecule has 11 N–H and O–H groups in total. The van der Waals surface area contributed by atoms with E-state index in [9.17, 15) is 64.5 Å². The van der Waals surface area contributed by atoms with Crippen LogP contribution in [0.1, 0.15) is 139 Å². The highest BCUT2D eigenvalue weighted by molar-refractivity contribution is 5.93. The molecule has 0 saturated carbocycles. The zero-order chi connectivity index (χ0) is 59.3. The molecular weight excluding hydrogens is 1030 g/mol. The van der Waals surface area contributed by atoms with Crippen molar-refractivity contribution in [2.45, 2.75) is 213 Å². The number of ether oxygens (including phenoxy) is 2. The lowest BCUT2D eigenvalue weighted by atomic mass is 9.69. The number of carbonyl (C=O) groups is 6. The van der Waals surface area contributed by atoms with E-state index in [-0.39, 0.29) is 98.5 Å². The molecule has 20 nitrogen and oxygen atoms in total. The second-order valence-corrected chi connectivity index (χ2v) is 23.8. The van der Waals surface area contributed by atoms with Crippen molar-refractivity contribution in [2.75, 3.05) is 6.54 Å². The average molecular weight is 1120 g/mol. The number of phenols is 1. The Bertz CT molecular complexity index is 2360. The van der Waals surface area contributed by atoms with E-state index in [0.29, 0.717) is 36.8 Å². The second-order valence-electron chi connectivity index (χ2n) is 23.8. The van der Waals surface area contributed by atoms with E-state index in [2.05, 4.69) is 21.4 Å². The van der Waals surface area contributed by atoms with Crippen LogP contribution in [0, 0.1) is 47.3 Å². The molecule has 80 heavy (non-hydrogen) atoms. The molecule has 4 aliphatic rings. The molecule has 20 heteroatoms. The van der Waals surface area contributed by atoms with Gasteiger partial charge in [0, 0.05) is 61.8 Å². The maximum atomic E-state index is 14.6. The maximum absolute atomic E-state index is 14.6. The summed E-state index contributed by atoms with van der Waals surface area (Å²) in [5, 5.41) is 88.7. The maximum Gasteiger partial charge on any atom is 0.325 e. The van der Waals surface area contributed by atoms with Crippen molar-refractivity contribution in [3.63, 3.8) is 0 Å². The highest BCUT2D eigenvalue weighted by Crippen LogP contribution is 2.46. The molecule has 448 valence electrons.